The predicted molar refractivity (Wildman–Crippen MR) is 107 cm³/mol. The zero-order chi connectivity index (χ0) is 19.1. The Morgan fingerprint density at radius 1 is 0.963 bits per heavy atom. The molecule has 1 aliphatic heterocycles. The molecule has 1 aliphatic rings. The number of carbonyl (C=O) groups is 1. The van der Waals surface area contributed by atoms with Gasteiger partial charge in [-0.1, -0.05) is 36.4 Å². The van der Waals surface area contributed by atoms with Gasteiger partial charge in [0.25, 0.3) is 5.91 Å². The molecule has 0 saturated carbocycles. The van der Waals surface area contributed by atoms with Crippen LogP contribution in [0.3, 0.4) is 0 Å². The third-order valence-corrected chi connectivity index (χ3v) is 5.09. The van der Waals surface area contributed by atoms with Gasteiger partial charge in [-0.3, -0.25) is 9.69 Å². The van der Waals surface area contributed by atoms with Gasteiger partial charge in [0.15, 0.2) is 0 Å². The van der Waals surface area contributed by atoms with Crippen LogP contribution in [0, 0.1) is 0 Å². The minimum Gasteiger partial charge on any atom is -0.396 e. The topological polar surface area (TPSA) is 53.0 Å². The Kier molecular flexibility index (Phi) is 6.98. The number of benzene rings is 2. The monoisotopic (exact) mass is 368 g/mol. The lowest BCUT2D eigenvalue weighted by molar-refractivity contribution is 0.0594. The van der Waals surface area contributed by atoms with Gasteiger partial charge in [0.2, 0.25) is 0 Å². The number of amides is 1. The summed E-state index contributed by atoms with van der Waals surface area (Å²) in [7, 11) is 1.72. The number of nitrogens with zero attached hydrogens (tertiary/aromatic N) is 2. The highest BCUT2D eigenvalue weighted by Gasteiger charge is 2.21. The fourth-order valence-electron chi connectivity index (χ4n) is 3.38. The maximum Gasteiger partial charge on any atom is 0.253 e. The van der Waals surface area contributed by atoms with Crippen LogP contribution < -0.4 is 0 Å². The van der Waals surface area contributed by atoms with E-state index >= 15 is 0 Å². The minimum absolute atomic E-state index is 0.103. The lowest BCUT2D eigenvalue weighted by Gasteiger charge is -2.34. The summed E-state index contributed by atoms with van der Waals surface area (Å²) < 4.78 is 5.12. The van der Waals surface area contributed by atoms with E-state index in [0.717, 1.165) is 61.6 Å². The molecule has 1 amide bonds. The summed E-state index contributed by atoms with van der Waals surface area (Å²) in [4.78, 5) is 17.0. The second kappa shape index (κ2) is 9.65. The van der Waals surface area contributed by atoms with Crippen LogP contribution in [0.5, 0.6) is 0 Å². The molecule has 0 unspecified atom stereocenters. The Labute approximate surface area is 161 Å². The Balaban J connectivity index is 1.59. The number of aliphatic hydroxyl groups excluding tert-OH is 1. The Morgan fingerprint density at radius 2 is 1.56 bits per heavy atom. The lowest BCUT2D eigenvalue weighted by atomic mass is 10.0. The van der Waals surface area contributed by atoms with Crippen LogP contribution in [0.4, 0.5) is 0 Å². The summed E-state index contributed by atoms with van der Waals surface area (Å²) in [5, 5.41) is 9.00. The third-order valence-electron chi connectivity index (χ3n) is 5.09. The van der Waals surface area contributed by atoms with Crippen molar-refractivity contribution in [2.75, 3.05) is 53.0 Å². The van der Waals surface area contributed by atoms with Crippen molar-refractivity contribution in [3.63, 3.8) is 0 Å². The Morgan fingerprint density at radius 3 is 2.11 bits per heavy atom. The summed E-state index contributed by atoms with van der Waals surface area (Å²) in [6.45, 7) is 5.13. The first kappa shape index (κ1) is 19.5. The number of hydrogen-bond acceptors (Lipinski definition) is 4. The SMILES string of the molecule is COCCN1CCN(C(=O)c2ccc(-c3ccc(CCO)cc3)cc2)CC1. The van der Waals surface area contributed by atoms with Crippen LogP contribution in [-0.2, 0) is 11.2 Å². The van der Waals surface area contributed by atoms with Gasteiger partial charge < -0.3 is 14.7 Å². The molecule has 27 heavy (non-hydrogen) atoms. The van der Waals surface area contributed by atoms with E-state index in [1.165, 1.54) is 0 Å². The van der Waals surface area contributed by atoms with Crippen LogP contribution in [0.25, 0.3) is 11.1 Å². The van der Waals surface area contributed by atoms with Gasteiger partial charge in [-0.15, -0.1) is 0 Å². The minimum atomic E-state index is 0.103. The van der Waals surface area contributed by atoms with E-state index in [4.69, 9.17) is 9.84 Å². The van der Waals surface area contributed by atoms with Crippen LogP contribution in [0.15, 0.2) is 48.5 Å². The highest BCUT2D eigenvalue weighted by Crippen LogP contribution is 2.21. The van der Waals surface area contributed by atoms with Crippen LogP contribution in [0.2, 0.25) is 0 Å². The van der Waals surface area contributed by atoms with Crippen molar-refractivity contribution in [2.24, 2.45) is 0 Å². The first-order chi connectivity index (χ1) is 13.2. The molecular weight excluding hydrogens is 340 g/mol. The molecule has 1 heterocycles. The number of rotatable bonds is 7. The van der Waals surface area contributed by atoms with Gasteiger partial charge in [0.05, 0.1) is 6.61 Å². The maximum absolute atomic E-state index is 12.7. The lowest BCUT2D eigenvalue weighted by Crippen LogP contribution is -2.49. The zero-order valence-corrected chi connectivity index (χ0v) is 15.9. The number of methoxy groups -OCH3 is 1. The van der Waals surface area contributed by atoms with Crippen LogP contribution in [-0.4, -0.2) is 73.9 Å². The van der Waals surface area contributed by atoms with Gasteiger partial charge in [0.1, 0.15) is 0 Å². The molecule has 1 fully saturated rings. The second-order valence-electron chi connectivity index (χ2n) is 6.87. The Bertz CT molecular complexity index is 720. The number of ether oxygens (including phenoxy) is 1. The van der Waals surface area contributed by atoms with Crippen molar-refractivity contribution in [3.8, 4) is 11.1 Å². The fourth-order valence-corrected chi connectivity index (χ4v) is 3.38. The largest absolute Gasteiger partial charge is 0.396 e. The van der Waals surface area contributed by atoms with Crippen molar-refractivity contribution >= 4 is 5.91 Å². The van der Waals surface area contributed by atoms with Crippen molar-refractivity contribution in [1.29, 1.82) is 0 Å². The van der Waals surface area contributed by atoms with Crippen molar-refractivity contribution in [3.05, 3.63) is 59.7 Å². The molecule has 5 heteroatoms. The molecule has 1 N–H and O–H groups in total. The van der Waals surface area contributed by atoms with Gasteiger partial charge in [-0.2, -0.15) is 0 Å². The molecule has 0 spiro atoms. The van der Waals surface area contributed by atoms with Gasteiger partial charge in [-0.05, 0) is 35.2 Å². The highest BCUT2D eigenvalue weighted by atomic mass is 16.5. The molecule has 144 valence electrons. The standard InChI is InChI=1S/C22H28N2O3/c1-27-17-15-23-11-13-24(14-12-23)22(26)21-8-6-20(7-9-21)19-4-2-18(3-5-19)10-16-25/h2-9,25H,10-17H2,1H3. The molecule has 0 aromatic heterocycles. The molecule has 3 rings (SSSR count). The zero-order valence-electron chi connectivity index (χ0n) is 15.9. The van der Waals surface area contributed by atoms with Gasteiger partial charge in [0, 0.05) is 52.0 Å². The number of hydrogen-bond donors (Lipinski definition) is 1. The average Bonchev–Trinajstić information content (AvgIpc) is 2.73. The van der Waals surface area contributed by atoms with E-state index < -0.39 is 0 Å². The average molecular weight is 368 g/mol. The number of piperazine rings is 1. The molecule has 0 aliphatic carbocycles. The molecule has 5 nitrogen and oxygen atoms in total. The normalized spacial score (nSPS) is 15.1. The molecule has 0 atom stereocenters. The Hall–Kier alpha value is -2.21. The van der Waals surface area contributed by atoms with Crippen molar-refractivity contribution in [1.82, 2.24) is 9.80 Å². The van der Waals surface area contributed by atoms with E-state index in [9.17, 15) is 4.79 Å². The highest BCUT2D eigenvalue weighted by molar-refractivity contribution is 5.94. The van der Waals surface area contributed by atoms with E-state index in [2.05, 4.69) is 17.0 Å². The number of carbonyl (C=O) groups excluding carboxylic acids is 1. The smallest absolute Gasteiger partial charge is 0.253 e. The molecule has 2 aromatic carbocycles. The van der Waals surface area contributed by atoms with Crippen LogP contribution in [0.1, 0.15) is 15.9 Å². The maximum atomic E-state index is 12.7. The molecule has 1 saturated heterocycles. The fraction of sp³-hybridized carbons (Fsp3) is 0.409. The summed E-state index contributed by atoms with van der Waals surface area (Å²) in [6.07, 6.45) is 0.673. The second-order valence-corrected chi connectivity index (χ2v) is 6.87. The first-order valence-electron chi connectivity index (χ1n) is 9.52. The van der Waals surface area contributed by atoms with Gasteiger partial charge in [-0.25, -0.2) is 0 Å². The van der Waals surface area contributed by atoms with E-state index in [0.29, 0.717) is 6.42 Å². The molecule has 0 bridgehead atoms. The quantitative estimate of drug-likeness (QED) is 0.815. The van der Waals surface area contributed by atoms with Crippen molar-refractivity contribution < 1.29 is 14.6 Å². The number of aliphatic hydroxyl groups is 1. The summed E-state index contributed by atoms with van der Waals surface area (Å²) in [6, 6.07) is 16.0. The van der Waals surface area contributed by atoms with Crippen molar-refractivity contribution in [2.45, 2.75) is 6.42 Å². The van der Waals surface area contributed by atoms with E-state index in [1.807, 2.05) is 41.3 Å². The van der Waals surface area contributed by atoms with Gasteiger partial charge >= 0.3 is 0 Å². The third kappa shape index (κ3) is 5.16. The van der Waals surface area contributed by atoms with Crippen LogP contribution >= 0.6 is 0 Å². The molecule has 2 aromatic rings. The van der Waals surface area contributed by atoms with E-state index in [-0.39, 0.29) is 12.5 Å². The summed E-state index contributed by atoms with van der Waals surface area (Å²) >= 11 is 0. The summed E-state index contributed by atoms with van der Waals surface area (Å²) in [5.74, 6) is 0.103. The molecular formula is C22H28N2O3. The first-order valence-corrected chi connectivity index (χ1v) is 9.52. The molecule has 0 radical (unpaired) electrons. The predicted octanol–water partition coefficient (Wildman–Crippen LogP) is 2.29. The summed E-state index contributed by atoms with van der Waals surface area (Å²) in [5.41, 5.74) is 4.06. The van der Waals surface area contributed by atoms with E-state index in [1.54, 1.807) is 7.11 Å².